The number of hydrogen-bond acceptors (Lipinski definition) is 3. The van der Waals surface area contributed by atoms with Crippen LogP contribution in [0.5, 0.6) is 5.75 Å². The Morgan fingerprint density at radius 3 is 2.68 bits per heavy atom. The first-order valence-electron chi connectivity index (χ1n) is 7.30. The van der Waals surface area contributed by atoms with Crippen LogP contribution in [-0.2, 0) is 11.0 Å². The van der Waals surface area contributed by atoms with Gasteiger partial charge in [-0.3, -0.25) is 9.59 Å². The maximum Gasteiger partial charge on any atom is 0.416 e. The van der Waals surface area contributed by atoms with Crippen molar-refractivity contribution in [3.63, 3.8) is 0 Å². The standard InChI is InChI=1S/C17H13F3N2O3/c1-9-2-4-11(7-12(9)17(18,19)20)21-16(24)10-3-5-13-14(6-10)25-8-15(23)22-13/h2-7H,8H2,1H3,(H,21,24)(H,22,23). The lowest BCUT2D eigenvalue weighted by atomic mass is 10.1. The summed E-state index contributed by atoms with van der Waals surface area (Å²) < 4.78 is 44.1. The monoisotopic (exact) mass is 350 g/mol. The van der Waals surface area contributed by atoms with E-state index in [1.165, 1.54) is 37.3 Å². The van der Waals surface area contributed by atoms with Crippen LogP contribution in [0, 0.1) is 6.92 Å². The molecule has 0 fully saturated rings. The van der Waals surface area contributed by atoms with Gasteiger partial charge in [0.25, 0.3) is 11.8 Å². The molecular formula is C17H13F3N2O3. The van der Waals surface area contributed by atoms with Gasteiger partial charge < -0.3 is 15.4 Å². The fourth-order valence-corrected chi connectivity index (χ4v) is 2.42. The predicted octanol–water partition coefficient (Wildman–Crippen LogP) is 3.60. The van der Waals surface area contributed by atoms with E-state index in [1.54, 1.807) is 0 Å². The summed E-state index contributed by atoms with van der Waals surface area (Å²) in [7, 11) is 0. The average Bonchev–Trinajstić information content (AvgIpc) is 2.55. The number of rotatable bonds is 2. The van der Waals surface area contributed by atoms with Crippen LogP contribution in [-0.4, -0.2) is 18.4 Å². The summed E-state index contributed by atoms with van der Waals surface area (Å²) in [4.78, 5) is 23.5. The van der Waals surface area contributed by atoms with E-state index >= 15 is 0 Å². The van der Waals surface area contributed by atoms with Gasteiger partial charge in [-0.25, -0.2) is 0 Å². The smallest absolute Gasteiger partial charge is 0.416 e. The number of nitrogens with one attached hydrogen (secondary N) is 2. The zero-order valence-electron chi connectivity index (χ0n) is 13.0. The second-order valence-corrected chi connectivity index (χ2v) is 5.53. The molecule has 1 aliphatic rings. The molecule has 0 atom stereocenters. The molecule has 2 amide bonds. The number of ether oxygens (including phenoxy) is 1. The Labute approximate surface area is 140 Å². The van der Waals surface area contributed by atoms with Gasteiger partial charge in [0.2, 0.25) is 0 Å². The van der Waals surface area contributed by atoms with E-state index in [4.69, 9.17) is 4.74 Å². The molecule has 130 valence electrons. The molecule has 0 unspecified atom stereocenters. The number of benzene rings is 2. The van der Waals surface area contributed by atoms with Gasteiger partial charge in [-0.05, 0) is 42.8 Å². The second kappa shape index (κ2) is 6.12. The van der Waals surface area contributed by atoms with E-state index in [1.807, 2.05) is 0 Å². The number of anilines is 2. The third kappa shape index (κ3) is 3.57. The Bertz CT molecular complexity index is 863. The van der Waals surface area contributed by atoms with Crippen LogP contribution in [0.3, 0.4) is 0 Å². The van der Waals surface area contributed by atoms with Crippen LogP contribution < -0.4 is 15.4 Å². The van der Waals surface area contributed by atoms with Crippen LogP contribution in [0.1, 0.15) is 21.5 Å². The minimum Gasteiger partial charge on any atom is -0.482 e. The van der Waals surface area contributed by atoms with Gasteiger partial charge in [-0.15, -0.1) is 0 Å². The first-order chi connectivity index (χ1) is 11.7. The largest absolute Gasteiger partial charge is 0.482 e. The number of amides is 2. The normalized spacial score (nSPS) is 13.5. The molecule has 1 heterocycles. The van der Waals surface area contributed by atoms with Gasteiger partial charge in [-0.1, -0.05) is 6.07 Å². The van der Waals surface area contributed by atoms with E-state index in [0.717, 1.165) is 6.07 Å². The Balaban J connectivity index is 1.82. The Kier molecular flexibility index (Phi) is 4.12. The van der Waals surface area contributed by atoms with Crippen LogP contribution >= 0.6 is 0 Å². The molecule has 0 aliphatic carbocycles. The zero-order chi connectivity index (χ0) is 18.2. The number of aryl methyl sites for hydroxylation is 1. The van der Waals surface area contributed by atoms with Gasteiger partial charge in [0.1, 0.15) is 5.75 Å². The Morgan fingerprint density at radius 1 is 1.20 bits per heavy atom. The topological polar surface area (TPSA) is 67.4 Å². The molecule has 2 aromatic carbocycles. The summed E-state index contributed by atoms with van der Waals surface area (Å²) in [5.41, 5.74) is -0.0633. The first-order valence-corrected chi connectivity index (χ1v) is 7.30. The van der Waals surface area contributed by atoms with Crippen molar-refractivity contribution in [3.8, 4) is 5.75 Å². The summed E-state index contributed by atoms with van der Waals surface area (Å²) >= 11 is 0. The van der Waals surface area contributed by atoms with Crippen molar-refractivity contribution in [3.05, 3.63) is 53.1 Å². The first kappa shape index (κ1) is 16.8. The lowest BCUT2D eigenvalue weighted by Gasteiger charge is -2.18. The van der Waals surface area contributed by atoms with E-state index < -0.39 is 17.6 Å². The highest BCUT2D eigenvalue weighted by Gasteiger charge is 2.32. The number of fused-ring (bicyclic) bond motifs is 1. The molecule has 1 aliphatic heterocycles. The number of hydrogen-bond donors (Lipinski definition) is 2. The molecule has 0 saturated heterocycles. The van der Waals surface area contributed by atoms with E-state index in [9.17, 15) is 22.8 Å². The fraction of sp³-hybridized carbons (Fsp3) is 0.176. The highest BCUT2D eigenvalue weighted by Crippen LogP contribution is 2.34. The minimum atomic E-state index is -4.50. The molecule has 2 N–H and O–H groups in total. The molecule has 0 bridgehead atoms. The summed E-state index contributed by atoms with van der Waals surface area (Å²) in [6.07, 6.45) is -4.50. The van der Waals surface area contributed by atoms with E-state index in [2.05, 4.69) is 10.6 Å². The van der Waals surface area contributed by atoms with Crippen molar-refractivity contribution in [1.29, 1.82) is 0 Å². The van der Waals surface area contributed by atoms with Crippen LogP contribution in [0.15, 0.2) is 36.4 Å². The van der Waals surface area contributed by atoms with Crippen LogP contribution in [0.4, 0.5) is 24.5 Å². The molecule has 0 aromatic heterocycles. The number of halogens is 3. The van der Waals surface area contributed by atoms with Crippen molar-refractivity contribution in [2.24, 2.45) is 0 Å². The highest BCUT2D eigenvalue weighted by atomic mass is 19.4. The third-order valence-corrected chi connectivity index (χ3v) is 3.68. The van der Waals surface area contributed by atoms with Crippen LogP contribution in [0.2, 0.25) is 0 Å². The molecule has 0 radical (unpaired) electrons. The van der Waals surface area contributed by atoms with Gasteiger partial charge in [0, 0.05) is 11.3 Å². The Morgan fingerprint density at radius 2 is 1.96 bits per heavy atom. The average molecular weight is 350 g/mol. The molecule has 0 spiro atoms. The maximum absolute atomic E-state index is 12.9. The summed E-state index contributed by atoms with van der Waals surface area (Å²) in [6.45, 7) is 1.19. The Hall–Kier alpha value is -3.03. The molecular weight excluding hydrogens is 337 g/mol. The molecule has 3 rings (SSSR count). The lowest BCUT2D eigenvalue weighted by Crippen LogP contribution is -2.25. The quantitative estimate of drug-likeness (QED) is 0.870. The fourth-order valence-electron chi connectivity index (χ4n) is 2.42. The highest BCUT2D eigenvalue weighted by molar-refractivity contribution is 6.05. The van der Waals surface area contributed by atoms with E-state index in [0.29, 0.717) is 11.4 Å². The molecule has 2 aromatic rings. The summed E-state index contributed by atoms with van der Waals surface area (Å²) in [5.74, 6) is -0.559. The number of carbonyl (C=O) groups is 2. The second-order valence-electron chi connectivity index (χ2n) is 5.53. The minimum absolute atomic E-state index is 0.0369. The predicted molar refractivity (Wildman–Crippen MR) is 84.7 cm³/mol. The summed E-state index contributed by atoms with van der Waals surface area (Å²) in [6, 6.07) is 7.95. The van der Waals surface area contributed by atoms with Crippen molar-refractivity contribution in [2.75, 3.05) is 17.2 Å². The molecule has 0 saturated carbocycles. The molecule has 5 nitrogen and oxygen atoms in total. The van der Waals surface area contributed by atoms with Gasteiger partial charge in [-0.2, -0.15) is 13.2 Å². The van der Waals surface area contributed by atoms with E-state index in [-0.39, 0.29) is 29.3 Å². The number of alkyl halides is 3. The van der Waals surface area contributed by atoms with Gasteiger partial charge >= 0.3 is 6.18 Å². The summed E-state index contributed by atoms with van der Waals surface area (Å²) in [5, 5.41) is 5.02. The van der Waals surface area contributed by atoms with Crippen LogP contribution in [0.25, 0.3) is 0 Å². The third-order valence-electron chi connectivity index (χ3n) is 3.68. The van der Waals surface area contributed by atoms with Crippen molar-refractivity contribution >= 4 is 23.2 Å². The van der Waals surface area contributed by atoms with Crippen molar-refractivity contribution < 1.29 is 27.5 Å². The maximum atomic E-state index is 12.9. The molecule has 25 heavy (non-hydrogen) atoms. The zero-order valence-corrected chi connectivity index (χ0v) is 13.0. The van der Waals surface area contributed by atoms with Gasteiger partial charge in [0.05, 0.1) is 11.3 Å². The number of carbonyl (C=O) groups excluding carboxylic acids is 2. The van der Waals surface area contributed by atoms with Crippen molar-refractivity contribution in [1.82, 2.24) is 0 Å². The van der Waals surface area contributed by atoms with Gasteiger partial charge in [0.15, 0.2) is 6.61 Å². The molecule has 8 heteroatoms. The SMILES string of the molecule is Cc1ccc(NC(=O)c2ccc3c(c2)OCC(=O)N3)cc1C(F)(F)F. The lowest BCUT2D eigenvalue weighted by molar-refractivity contribution is -0.138. The van der Waals surface area contributed by atoms with Crippen molar-refractivity contribution in [2.45, 2.75) is 13.1 Å².